The van der Waals surface area contributed by atoms with Crippen LogP contribution in [0.25, 0.3) is 0 Å². The molecule has 14 heavy (non-hydrogen) atoms. The van der Waals surface area contributed by atoms with E-state index in [2.05, 4.69) is 26.1 Å². The summed E-state index contributed by atoms with van der Waals surface area (Å²) in [5.74, 6) is 0. The van der Waals surface area contributed by atoms with E-state index in [-0.39, 0.29) is 18.4 Å². The Morgan fingerprint density at radius 1 is 1.07 bits per heavy atom. The van der Waals surface area contributed by atoms with Gasteiger partial charge in [0, 0.05) is 19.6 Å². The number of nitrogens with zero attached hydrogens (tertiary/aromatic N) is 1. The normalized spacial score (nSPS) is 9.07. The number of carbonyl (C=O) groups is 1. The minimum absolute atomic E-state index is 0. The van der Waals surface area contributed by atoms with Crippen LogP contribution in [-0.4, -0.2) is 30.6 Å². The van der Waals surface area contributed by atoms with Crippen LogP contribution in [0.5, 0.6) is 0 Å². The number of urea groups is 1. The molecule has 0 aliphatic carbocycles. The average molecular weight is 223 g/mol. The number of nitrogens with one attached hydrogen (secondary N) is 1. The Hall–Kier alpha value is -0.440. The molecule has 0 fully saturated rings. The van der Waals surface area contributed by atoms with E-state index in [1.54, 1.807) is 0 Å². The maximum Gasteiger partial charge on any atom is 0.317 e. The van der Waals surface area contributed by atoms with Crippen molar-refractivity contribution in [3.63, 3.8) is 0 Å². The van der Waals surface area contributed by atoms with Crippen LogP contribution in [0.3, 0.4) is 0 Å². The molecule has 0 bridgehead atoms. The monoisotopic (exact) mass is 222 g/mol. The lowest BCUT2D eigenvalue weighted by Crippen LogP contribution is -2.41. The van der Waals surface area contributed by atoms with Gasteiger partial charge in [0.1, 0.15) is 0 Å². The Balaban J connectivity index is 0. The molecule has 0 saturated heterocycles. The fourth-order valence-corrected chi connectivity index (χ4v) is 1.20. The lowest BCUT2D eigenvalue weighted by Gasteiger charge is -2.21. The van der Waals surface area contributed by atoms with Gasteiger partial charge >= 0.3 is 6.03 Å². The highest BCUT2D eigenvalue weighted by molar-refractivity contribution is 5.85. The number of carbonyl (C=O) groups excluding carboxylic acids is 1. The molecular formula is C10H23ClN2O. The number of rotatable bonds is 6. The summed E-state index contributed by atoms with van der Waals surface area (Å²) >= 11 is 0. The van der Waals surface area contributed by atoms with E-state index in [1.807, 2.05) is 4.90 Å². The Morgan fingerprint density at radius 3 is 1.93 bits per heavy atom. The zero-order chi connectivity index (χ0) is 10.1. The zero-order valence-electron chi connectivity index (χ0n) is 9.51. The van der Waals surface area contributed by atoms with Gasteiger partial charge < -0.3 is 10.2 Å². The maximum atomic E-state index is 11.5. The third-order valence-electron chi connectivity index (χ3n) is 1.80. The van der Waals surface area contributed by atoms with Crippen LogP contribution in [0.1, 0.15) is 40.0 Å². The summed E-state index contributed by atoms with van der Waals surface area (Å²) in [4.78, 5) is 13.4. The standard InChI is InChI=1S/C10H22N2O.ClH/c1-4-7-11-10(13)12(8-5-2)9-6-3;/h4-9H2,1-3H3,(H,11,13);1H. The summed E-state index contributed by atoms with van der Waals surface area (Å²) in [6, 6.07) is 0.0885. The van der Waals surface area contributed by atoms with Gasteiger partial charge in [-0.2, -0.15) is 0 Å². The predicted octanol–water partition coefficient (Wildman–Crippen LogP) is 2.65. The summed E-state index contributed by atoms with van der Waals surface area (Å²) in [6.07, 6.45) is 3.05. The highest BCUT2D eigenvalue weighted by Gasteiger charge is 2.09. The minimum atomic E-state index is 0. The third kappa shape index (κ3) is 7.01. The van der Waals surface area contributed by atoms with Crippen LogP contribution < -0.4 is 5.32 Å². The number of halogens is 1. The quantitative estimate of drug-likeness (QED) is 0.737. The van der Waals surface area contributed by atoms with Gasteiger partial charge in [-0.1, -0.05) is 20.8 Å². The Bertz CT molecular complexity index is 136. The fourth-order valence-electron chi connectivity index (χ4n) is 1.20. The molecule has 0 aliphatic heterocycles. The lowest BCUT2D eigenvalue weighted by atomic mass is 10.3. The topological polar surface area (TPSA) is 32.3 Å². The first-order valence-electron chi connectivity index (χ1n) is 5.29. The number of hydrogen-bond acceptors (Lipinski definition) is 1. The minimum Gasteiger partial charge on any atom is -0.338 e. The van der Waals surface area contributed by atoms with E-state index in [1.165, 1.54) is 0 Å². The maximum absolute atomic E-state index is 11.5. The molecular weight excluding hydrogens is 200 g/mol. The molecule has 0 unspecified atom stereocenters. The molecule has 1 N–H and O–H groups in total. The molecule has 0 heterocycles. The molecule has 0 rings (SSSR count). The summed E-state index contributed by atoms with van der Waals surface area (Å²) < 4.78 is 0. The first-order valence-corrected chi connectivity index (χ1v) is 5.29. The van der Waals surface area contributed by atoms with Gasteiger partial charge in [-0.25, -0.2) is 4.79 Å². The smallest absolute Gasteiger partial charge is 0.317 e. The van der Waals surface area contributed by atoms with Crippen LogP contribution in [0.2, 0.25) is 0 Å². The Kier molecular flexibility index (Phi) is 12.2. The molecule has 0 saturated carbocycles. The van der Waals surface area contributed by atoms with Crippen LogP contribution in [0, 0.1) is 0 Å². The summed E-state index contributed by atoms with van der Waals surface area (Å²) in [5.41, 5.74) is 0. The van der Waals surface area contributed by atoms with E-state index in [4.69, 9.17) is 0 Å². The van der Waals surface area contributed by atoms with Gasteiger partial charge in [0.25, 0.3) is 0 Å². The molecule has 3 nitrogen and oxygen atoms in total. The third-order valence-corrected chi connectivity index (χ3v) is 1.80. The molecule has 0 spiro atoms. The fraction of sp³-hybridized carbons (Fsp3) is 0.900. The van der Waals surface area contributed by atoms with Gasteiger partial charge in [0.05, 0.1) is 0 Å². The molecule has 0 aromatic rings. The first kappa shape index (κ1) is 16.0. The second-order valence-corrected chi connectivity index (χ2v) is 3.22. The lowest BCUT2D eigenvalue weighted by molar-refractivity contribution is 0.198. The molecule has 2 amide bonds. The van der Waals surface area contributed by atoms with Gasteiger partial charge in [-0.15, -0.1) is 12.4 Å². The molecule has 0 atom stereocenters. The van der Waals surface area contributed by atoms with Crippen LogP contribution >= 0.6 is 12.4 Å². The number of hydrogen-bond donors (Lipinski definition) is 1. The van der Waals surface area contributed by atoms with E-state index in [0.717, 1.165) is 38.9 Å². The van der Waals surface area contributed by atoms with Crippen LogP contribution in [0.4, 0.5) is 4.79 Å². The predicted molar refractivity (Wildman–Crippen MR) is 63.1 cm³/mol. The van der Waals surface area contributed by atoms with E-state index in [0.29, 0.717) is 0 Å². The van der Waals surface area contributed by atoms with Gasteiger partial charge in [0.15, 0.2) is 0 Å². The SMILES string of the molecule is CCCNC(=O)N(CCC)CCC.Cl. The Morgan fingerprint density at radius 2 is 1.57 bits per heavy atom. The van der Waals surface area contributed by atoms with E-state index >= 15 is 0 Å². The van der Waals surface area contributed by atoms with Crippen molar-refractivity contribution in [3.8, 4) is 0 Å². The molecule has 0 radical (unpaired) electrons. The first-order chi connectivity index (χ1) is 6.26. The second kappa shape index (κ2) is 10.6. The molecule has 86 valence electrons. The van der Waals surface area contributed by atoms with Crippen molar-refractivity contribution in [2.75, 3.05) is 19.6 Å². The van der Waals surface area contributed by atoms with E-state index in [9.17, 15) is 4.79 Å². The van der Waals surface area contributed by atoms with Crippen molar-refractivity contribution in [3.05, 3.63) is 0 Å². The average Bonchev–Trinajstić information content (AvgIpc) is 2.14. The summed E-state index contributed by atoms with van der Waals surface area (Å²) in [7, 11) is 0. The highest BCUT2D eigenvalue weighted by Crippen LogP contribution is 1.94. The molecule has 0 aromatic heterocycles. The highest BCUT2D eigenvalue weighted by atomic mass is 35.5. The summed E-state index contributed by atoms with van der Waals surface area (Å²) in [6.45, 7) is 8.76. The van der Waals surface area contributed by atoms with Crippen molar-refractivity contribution < 1.29 is 4.79 Å². The van der Waals surface area contributed by atoms with Crippen LogP contribution in [-0.2, 0) is 0 Å². The largest absolute Gasteiger partial charge is 0.338 e. The van der Waals surface area contributed by atoms with Gasteiger partial charge in [-0.05, 0) is 19.3 Å². The van der Waals surface area contributed by atoms with Crippen molar-refractivity contribution in [1.82, 2.24) is 10.2 Å². The van der Waals surface area contributed by atoms with Crippen molar-refractivity contribution in [2.24, 2.45) is 0 Å². The van der Waals surface area contributed by atoms with Gasteiger partial charge in [-0.3, -0.25) is 0 Å². The molecule has 0 aliphatic rings. The van der Waals surface area contributed by atoms with Crippen molar-refractivity contribution in [1.29, 1.82) is 0 Å². The van der Waals surface area contributed by atoms with Crippen molar-refractivity contribution in [2.45, 2.75) is 40.0 Å². The molecule has 0 aromatic carbocycles. The van der Waals surface area contributed by atoms with Crippen molar-refractivity contribution >= 4 is 18.4 Å². The van der Waals surface area contributed by atoms with Crippen LogP contribution in [0.15, 0.2) is 0 Å². The second-order valence-electron chi connectivity index (χ2n) is 3.22. The van der Waals surface area contributed by atoms with E-state index < -0.39 is 0 Å². The number of amides is 2. The molecule has 4 heteroatoms. The zero-order valence-corrected chi connectivity index (χ0v) is 10.3. The summed E-state index contributed by atoms with van der Waals surface area (Å²) in [5, 5.41) is 2.89. The van der Waals surface area contributed by atoms with Gasteiger partial charge in [0.2, 0.25) is 0 Å². The Labute approximate surface area is 93.6 Å².